The minimum atomic E-state index is -5.17. The number of aromatic nitrogens is 3. The zero-order chi connectivity index (χ0) is 20.2. The lowest BCUT2D eigenvalue weighted by atomic mass is 10.2. The van der Waals surface area contributed by atoms with E-state index in [4.69, 9.17) is 33.1 Å². The number of nitrogens with zero attached hydrogens (tertiary/aromatic N) is 4. The number of oxime groups is 1. The zero-order valence-electron chi connectivity index (χ0n) is 12.9. The fraction of sp³-hybridized carbons (Fsp3) is 0.154. The molecule has 27 heavy (non-hydrogen) atoms. The van der Waals surface area contributed by atoms with Crippen LogP contribution in [0.15, 0.2) is 29.6 Å². The van der Waals surface area contributed by atoms with E-state index >= 15 is 0 Å². The number of aliphatic carboxylic acids is 1. The minimum absolute atomic E-state index is 0.152. The number of carbonyl (C=O) groups excluding carboxylic acids is 1. The fourth-order valence-electron chi connectivity index (χ4n) is 1.58. The number of rotatable bonds is 6. The third-order valence-corrected chi connectivity index (χ3v) is 3.37. The maximum atomic E-state index is 12.2. The molecule has 1 amide bonds. The molecule has 2 N–H and O–H groups in total. The highest BCUT2D eigenvalue weighted by Crippen LogP contribution is 2.21. The van der Waals surface area contributed by atoms with Crippen LogP contribution in [0.1, 0.15) is 11.3 Å². The molecule has 1 heterocycles. The van der Waals surface area contributed by atoms with Gasteiger partial charge in [-0.3, -0.25) is 4.79 Å². The van der Waals surface area contributed by atoms with Crippen molar-refractivity contribution in [2.75, 3.05) is 5.43 Å². The van der Waals surface area contributed by atoms with Crippen molar-refractivity contribution in [3.63, 3.8) is 0 Å². The van der Waals surface area contributed by atoms with Gasteiger partial charge in [0.15, 0.2) is 0 Å². The normalized spacial score (nSPS) is 12.0. The quantitative estimate of drug-likeness (QED) is 0.540. The molecule has 1 aromatic carbocycles. The Morgan fingerprint density at radius 2 is 2.04 bits per heavy atom. The van der Waals surface area contributed by atoms with Gasteiger partial charge in [-0.1, -0.05) is 39.3 Å². The Balaban J connectivity index is 2.12. The SMILES string of the molecule is O=C(O)C(=NOCc1ccc(Cl)cc1Cl)c1cnn(NC(=O)C(F)(F)F)n1. The summed E-state index contributed by atoms with van der Waals surface area (Å²) in [5.74, 6) is -3.93. The predicted molar refractivity (Wildman–Crippen MR) is 85.9 cm³/mol. The summed E-state index contributed by atoms with van der Waals surface area (Å²) in [6.07, 6.45) is -4.39. The molecule has 2 rings (SSSR count). The van der Waals surface area contributed by atoms with Gasteiger partial charge in [0.2, 0.25) is 5.71 Å². The van der Waals surface area contributed by atoms with Crippen molar-refractivity contribution < 1.29 is 32.7 Å². The monoisotopic (exact) mass is 425 g/mol. The lowest BCUT2D eigenvalue weighted by Gasteiger charge is -2.05. The van der Waals surface area contributed by atoms with Crippen LogP contribution in [-0.2, 0) is 21.0 Å². The lowest BCUT2D eigenvalue weighted by molar-refractivity contribution is -0.168. The summed E-state index contributed by atoms with van der Waals surface area (Å²) in [6.45, 7) is -0.217. The number of hydrogen-bond acceptors (Lipinski definition) is 6. The molecule has 0 fully saturated rings. The first-order chi connectivity index (χ1) is 12.6. The largest absolute Gasteiger partial charge is 0.476 e. The Kier molecular flexibility index (Phi) is 6.23. The third kappa shape index (κ3) is 5.56. The highest BCUT2D eigenvalue weighted by Gasteiger charge is 2.39. The highest BCUT2D eigenvalue weighted by molar-refractivity contribution is 6.41. The number of nitrogens with one attached hydrogen (secondary N) is 1. The number of carboxylic acids is 1. The van der Waals surface area contributed by atoms with Crippen molar-refractivity contribution in [2.24, 2.45) is 5.16 Å². The summed E-state index contributed by atoms with van der Waals surface area (Å²) in [5.41, 5.74) is 0.548. The summed E-state index contributed by atoms with van der Waals surface area (Å²) in [6, 6.07) is 4.50. The molecule has 1 aromatic heterocycles. The van der Waals surface area contributed by atoms with Crippen molar-refractivity contribution in [3.05, 3.63) is 45.7 Å². The third-order valence-electron chi connectivity index (χ3n) is 2.79. The molecule has 0 radical (unpaired) electrons. The number of halogens is 5. The zero-order valence-corrected chi connectivity index (χ0v) is 14.4. The van der Waals surface area contributed by atoms with Crippen LogP contribution in [-0.4, -0.2) is 44.0 Å². The smallest absolute Gasteiger partial charge is 0.473 e. The first kappa shape index (κ1) is 20.5. The minimum Gasteiger partial charge on any atom is -0.476 e. The van der Waals surface area contributed by atoms with Gasteiger partial charge in [-0.15, -0.1) is 10.2 Å². The molecule has 9 nitrogen and oxygen atoms in total. The Morgan fingerprint density at radius 1 is 1.33 bits per heavy atom. The molecule has 0 aliphatic rings. The second kappa shape index (κ2) is 8.22. The van der Waals surface area contributed by atoms with Crippen molar-refractivity contribution >= 4 is 40.8 Å². The molecule has 0 atom stereocenters. The van der Waals surface area contributed by atoms with Crippen LogP contribution in [0.2, 0.25) is 10.0 Å². The molecule has 0 spiro atoms. The molecule has 2 aromatic rings. The Bertz CT molecular complexity index is 900. The van der Waals surface area contributed by atoms with Crippen molar-refractivity contribution in [1.29, 1.82) is 0 Å². The van der Waals surface area contributed by atoms with Gasteiger partial charge in [0.05, 0.1) is 6.20 Å². The lowest BCUT2D eigenvalue weighted by Crippen LogP contribution is -2.36. The van der Waals surface area contributed by atoms with E-state index in [9.17, 15) is 22.8 Å². The van der Waals surface area contributed by atoms with Gasteiger partial charge in [-0.05, 0) is 12.1 Å². The fourth-order valence-corrected chi connectivity index (χ4v) is 2.04. The van der Waals surface area contributed by atoms with Crippen LogP contribution in [0, 0.1) is 0 Å². The molecular formula is C13H8Cl2F3N5O4. The summed E-state index contributed by atoms with van der Waals surface area (Å²) in [4.78, 5) is 27.1. The molecule has 0 bridgehead atoms. The van der Waals surface area contributed by atoms with E-state index in [1.165, 1.54) is 23.6 Å². The van der Waals surface area contributed by atoms with Crippen LogP contribution >= 0.6 is 23.2 Å². The molecular weight excluding hydrogens is 418 g/mol. The van der Waals surface area contributed by atoms with E-state index in [1.807, 2.05) is 0 Å². The second-order valence-electron chi connectivity index (χ2n) is 4.71. The number of benzene rings is 1. The van der Waals surface area contributed by atoms with Crippen LogP contribution in [0.25, 0.3) is 0 Å². The van der Waals surface area contributed by atoms with Crippen LogP contribution in [0.5, 0.6) is 0 Å². The van der Waals surface area contributed by atoms with Gasteiger partial charge in [0, 0.05) is 15.6 Å². The van der Waals surface area contributed by atoms with Gasteiger partial charge < -0.3 is 9.94 Å². The summed E-state index contributed by atoms with van der Waals surface area (Å²) < 4.78 is 36.5. The Labute approximate surface area is 158 Å². The molecule has 0 aliphatic heterocycles. The van der Waals surface area contributed by atoms with Gasteiger partial charge >= 0.3 is 18.1 Å². The summed E-state index contributed by atoms with van der Waals surface area (Å²) in [5, 5.41) is 19.8. The predicted octanol–water partition coefficient (Wildman–Crippen LogP) is 2.22. The van der Waals surface area contributed by atoms with Crippen molar-refractivity contribution in [3.8, 4) is 0 Å². The van der Waals surface area contributed by atoms with Crippen molar-refractivity contribution in [1.82, 2.24) is 15.1 Å². The average Bonchev–Trinajstić information content (AvgIpc) is 3.00. The molecule has 0 aliphatic carbocycles. The topological polar surface area (TPSA) is 119 Å². The molecule has 0 saturated heterocycles. The highest BCUT2D eigenvalue weighted by atomic mass is 35.5. The van der Waals surface area contributed by atoms with E-state index in [0.717, 1.165) is 6.20 Å². The maximum absolute atomic E-state index is 12.2. The van der Waals surface area contributed by atoms with E-state index in [1.54, 1.807) is 0 Å². The number of alkyl halides is 3. The van der Waals surface area contributed by atoms with Crippen LogP contribution in [0.4, 0.5) is 13.2 Å². The maximum Gasteiger partial charge on any atom is 0.473 e. The van der Waals surface area contributed by atoms with Crippen LogP contribution in [0.3, 0.4) is 0 Å². The summed E-state index contributed by atoms with van der Waals surface area (Å²) in [7, 11) is 0. The summed E-state index contributed by atoms with van der Waals surface area (Å²) >= 11 is 11.7. The number of carboxylic acid groups (broad SMARTS) is 1. The standard InChI is InChI=1S/C13H8Cl2F3N5O4/c14-7-2-1-6(8(15)3-7)5-27-22-10(11(24)25)9-4-19-23(20-9)21-12(26)13(16,17)18/h1-4H,5H2,(H,21,26)(H,24,25). The molecule has 14 heteroatoms. The molecule has 0 unspecified atom stereocenters. The van der Waals surface area contributed by atoms with Crippen LogP contribution < -0.4 is 5.43 Å². The average molecular weight is 426 g/mol. The van der Waals surface area contributed by atoms with E-state index in [0.29, 0.717) is 10.6 Å². The van der Waals surface area contributed by atoms with Gasteiger partial charge in [0.25, 0.3) is 0 Å². The first-order valence-electron chi connectivity index (χ1n) is 6.76. The van der Waals surface area contributed by atoms with Gasteiger partial charge in [-0.25, -0.2) is 10.2 Å². The van der Waals surface area contributed by atoms with E-state index < -0.39 is 29.5 Å². The molecule has 144 valence electrons. The molecule has 0 saturated carbocycles. The number of hydrogen-bond donors (Lipinski definition) is 2. The van der Waals surface area contributed by atoms with Gasteiger partial charge in [0.1, 0.15) is 12.3 Å². The second-order valence-corrected chi connectivity index (χ2v) is 5.56. The van der Waals surface area contributed by atoms with Crippen molar-refractivity contribution in [2.45, 2.75) is 12.8 Å². The number of carbonyl (C=O) groups is 2. The van der Waals surface area contributed by atoms with E-state index in [-0.39, 0.29) is 16.5 Å². The Morgan fingerprint density at radius 3 is 2.63 bits per heavy atom. The van der Waals surface area contributed by atoms with E-state index in [2.05, 4.69) is 15.4 Å². The first-order valence-corrected chi connectivity index (χ1v) is 7.51. The number of amides is 1. The van der Waals surface area contributed by atoms with Gasteiger partial charge in [-0.2, -0.15) is 13.2 Å². The Hall–Kier alpha value is -2.86.